The fourth-order valence-electron chi connectivity index (χ4n) is 2.31. The summed E-state index contributed by atoms with van der Waals surface area (Å²) in [6, 6.07) is 13.6. The molecule has 0 saturated carbocycles. The van der Waals surface area contributed by atoms with Crippen molar-refractivity contribution >= 4 is 23.2 Å². The molecule has 0 saturated heterocycles. The molecular weight excluding hydrogens is 305 g/mol. The van der Waals surface area contributed by atoms with E-state index in [4.69, 9.17) is 33.7 Å². The lowest BCUT2D eigenvalue weighted by molar-refractivity contribution is 0.340. The molecule has 0 aliphatic heterocycles. The second kappa shape index (κ2) is 7.69. The van der Waals surface area contributed by atoms with Crippen LogP contribution in [0.15, 0.2) is 42.5 Å². The molecule has 2 aromatic carbocycles. The molecule has 2 nitrogen and oxygen atoms in total. The number of hydrogen-bond acceptors (Lipinski definition) is 2. The van der Waals surface area contributed by atoms with E-state index in [-0.39, 0.29) is 5.92 Å². The van der Waals surface area contributed by atoms with Crippen molar-refractivity contribution in [2.24, 2.45) is 5.73 Å². The predicted molar refractivity (Wildman–Crippen MR) is 89.6 cm³/mol. The minimum Gasteiger partial charge on any atom is -0.494 e. The van der Waals surface area contributed by atoms with Gasteiger partial charge in [0.25, 0.3) is 0 Å². The van der Waals surface area contributed by atoms with E-state index in [9.17, 15) is 0 Å². The van der Waals surface area contributed by atoms with Crippen LogP contribution in [0.25, 0.3) is 0 Å². The molecule has 0 aromatic heterocycles. The van der Waals surface area contributed by atoms with Crippen molar-refractivity contribution in [1.29, 1.82) is 0 Å². The van der Waals surface area contributed by atoms with E-state index >= 15 is 0 Å². The third-order valence-corrected chi connectivity index (χ3v) is 4.17. The van der Waals surface area contributed by atoms with Crippen LogP contribution in [0.1, 0.15) is 24.0 Å². The number of halogens is 2. The van der Waals surface area contributed by atoms with Crippen LogP contribution in [0.3, 0.4) is 0 Å². The topological polar surface area (TPSA) is 35.2 Å². The van der Waals surface area contributed by atoms with Crippen LogP contribution in [0.4, 0.5) is 0 Å². The second-order valence-electron chi connectivity index (χ2n) is 4.84. The zero-order valence-corrected chi connectivity index (χ0v) is 13.5. The molecule has 0 amide bonds. The van der Waals surface area contributed by atoms with Crippen LogP contribution in [0.2, 0.25) is 10.0 Å². The summed E-state index contributed by atoms with van der Waals surface area (Å²) in [6.07, 6.45) is 0.725. The molecule has 4 heteroatoms. The van der Waals surface area contributed by atoms with Crippen LogP contribution < -0.4 is 10.5 Å². The Morgan fingerprint density at radius 1 is 1.05 bits per heavy atom. The smallest absolute Gasteiger partial charge is 0.119 e. The molecule has 0 aliphatic carbocycles. The van der Waals surface area contributed by atoms with Crippen molar-refractivity contribution in [3.8, 4) is 5.75 Å². The Bertz CT molecular complexity index is 564. The number of ether oxygens (including phenoxy) is 1. The van der Waals surface area contributed by atoms with E-state index in [1.165, 1.54) is 0 Å². The second-order valence-corrected chi connectivity index (χ2v) is 5.65. The number of benzene rings is 2. The summed E-state index contributed by atoms with van der Waals surface area (Å²) in [4.78, 5) is 0. The van der Waals surface area contributed by atoms with Crippen molar-refractivity contribution in [3.05, 3.63) is 63.6 Å². The first-order valence-electron chi connectivity index (χ1n) is 7.01. The maximum absolute atomic E-state index is 6.24. The van der Waals surface area contributed by atoms with Gasteiger partial charge in [-0.15, -0.1) is 0 Å². The normalized spacial score (nSPS) is 12.2. The molecule has 1 atom stereocenters. The van der Waals surface area contributed by atoms with Crippen molar-refractivity contribution in [2.45, 2.75) is 19.3 Å². The van der Waals surface area contributed by atoms with Gasteiger partial charge in [-0.1, -0.05) is 41.4 Å². The highest BCUT2D eigenvalue weighted by Crippen LogP contribution is 2.30. The van der Waals surface area contributed by atoms with Gasteiger partial charge in [-0.2, -0.15) is 0 Å². The van der Waals surface area contributed by atoms with Gasteiger partial charge in [-0.05, 0) is 55.3 Å². The lowest BCUT2D eigenvalue weighted by Crippen LogP contribution is -2.15. The van der Waals surface area contributed by atoms with Gasteiger partial charge < -0.3 is 10.5 Å². The first-order chi connectivity index (χ1) is 10.2. The van der Waals surface area contributed by atoms with Crippen molar-refractivity contribution < 1.29 is 4.74 Å². The molecule has 2 aromatic rings. The third kappa shape index (κ3) is 4.13. The van der Waals surface area contributed by atoms with Gasteiger partial charge in [0.05, 0.1) is 6.61 Å². The molecule has 0 radical (unpaired) electrons. The number of hydrogen-bond donors (Lipinski definition) is 1. The summed E-state index contributed by atoms with van der Waals surface area (Å²) in [6.45, 7) is 3.17. The van der Waals surface area contributed by atoms with Crippen LogP contribution >= 0.6 is 23.2 Å². The Balaban J connectivity index is 2.19. The van der Waals surface area contributed by atoms with E-state index < -0.39 is 0 Å². The highest BCUT2D eigenvalue weighted by molar-refractivity contribution is 6.36. The Hall–Kier alpha value is -1.22. The zero-order valence-electron chi connectivity index (χ0n) is 12.0. The van der Waals surface area contributed by atoms with E-state index in [1.807, 2.05) is 49.4 Å². The van der Waals surface area contributed by atoms with Gasteiger partial charge in [-0.25, -0.2) is 0 Å². The fourth-order valence-corrected chi connectivity index (χ4v) is 2.87. The summed E-state index contributed by atoms with van der Waals surface area (Å²) in [7, 11) is 0. The average Bonchev–Trinajstić information content (AvgIpc) is 2.49. The molecule has 0 spiro atoms. The van der Waals surface area contributed by atoms with Crippen LogP contribution in [0.5, 0.6) is 5.75 Å². The minimum absolute atomic E-state index is 0.179. The fraction of sp³-hybridized carbons (Fsp3) is 0.294. The molecule has 2 N–H and O–H groups in total. The molecule has 0 aliphatic rings. The van der Waals surface area contributed by atoms with Crippen molar-refractivity contribution in [3.63, 3.8) is 0 Å². The van der Waals surface area contributed by atoms with Gasteiger partial charge in [0.2, 0.25) is 0 Å². The summed E-state index contributed by atoms with van der Waals surface area (Å²) in [5.74, 6) is 1.05. The highest BCUT2D eigenvalue weighted by Gasteiger charge is 2.15. The van der Waals surface area contributed by atoms with Crippen LogP contribution in [-0.2, 0) is 6.42 Å². The van der Waals surface area contributed by atoms with Crippen LogP contribution in [0, 0.1) is 0 Å². The lowest BCUT2D eigenvalue weighted by Gasteiger charge is -2.17. The summed E-state index contributed by atoms with van der Waals surface area (Å²) >= 11 is 12.5. The standard InChI is InChI=1S/C17H19Cl2NO/c1-2-21-14-8-6-12(7-9-14)13(11-20)10-15-16(18)4-3-5-17(15)19/h3-9,13H,2,10-11,20H2,1H3. The third-order valence-electron chi connectivity index (χ3n) is 3.46. The summed E-state index contributed by atoms with van der Waals surface area (Å²) in [5.41, 5.74) is 8.05. The van der Waals surface area contributed by atoms with Gasteiger partial charge >= 0.3 is 0 Å². The van der Waals surface area contributed by atoms with Crippen molar-refractivity contribution in [1.82, 2.24) is 0 Å². The Kier molecular flexibility index (Phi) is 5.92. The summed E-state index contributed by atoms with van der Waals surface area (Å²) in [5, 5.41) is 1.37. The molecule has 1 unspecified atom stereocenters. The molecule has 21 heavy (non-hydrogen) atoms. The molecule has 0 fully saturated rings. The molecule has 0 heterocycles. The molecular formula is C17H19Cl2NO. The number of rotatable bonds is 6. The lowest BCUT2D eigenvalue weighted by atomic mass is 9.92. The van der Waals surface area contributed by atoms with Crippen LogP contribution in [-0.4, -0.2) is 13.2 Å². The predicted octanol–water partition coefficient (Wildman–Crippen LogP) is 4.68. The monoisotopic (exact) mass is 323 g/mol. The van der Waals surface area contributed by atoms with E-state index in [0.717, 1.165) is 23.3 Å². The number of nitrogens with two attached hydrogens (primary N) is 1. The minimum atomic E-state index is 0.179. The van der Waals surface area contributed by atoms with Crippen molar-refractivity contribution in [2.75, 3.05) is 13.2 Å². The Morgan fingerprint density at radius 2 is 1.67 bits per heavy atom. The SMILES string of the molecule is CCOc1ccc(C(CN)Cc2c(Cl)cccc2Cl)cc1. The Labute approximate surface area is 135 Å². The van der Waals surface area contributed by atoms with Gasteiger partial charge in [0.15, 0.2) is 0 Å². The molecule has 0 bridgehead atoms. The van der Waals surface area contributed by atoms with Gasteiger partial charge in [0, 0.05) is 16.0 Å². The largest absolute Gasteiger partial charge is 0.494 e. The maximum atomic E-state index is 6.24. The first kappa shape index (κ1) is 16.2. The first-order valence-corrected chi connectivity index (χ1v) is 7.77. The van der Waals surface area contributed by atoms with E-state index in [0.29, 0.717) is 23.2 Å². The maximum Gasteiger partial charge on any atom is 0.119 e. The Morgan fingerprint density at radius 3 is 2.19 bits per heavy atom. The molecule has 2 rings (SSSR count). The van der Waals surface area contributed by atoms with E-state index in [2.05, 4.69) is 0 Å². The highest BCUT2D eigenvalue weighted by atomic mass is 35.5. The summed E-state index contributed by atoms with van der Waals surface area (Å²) < 4.78 is 5.46. The van der Waals surface area contributed by atoms with Gasteiger partial charge in [0.1, 0.15) is 5.75 Å². The van der Waals surface area contributed by atoms with E-state index in [1.54, 1.807) is 0 Å². The molecule has 112 valence electrons. The quantitative estimate of drug-likeness (QED) is 0.837. The van der Waals surface area contributed by atoms with Gasteiger partial charge in [-0.3, -0.25) is 0 Å². The average molecular weight is 324 g/mol. The zero-order chi connectivity index (χ0) is 15.2.